The number of hydrogen-bond donors (Lipinski definition) is 1. The molecule has 188 valence electrons. The average Bonchev–Trinajstić information content (AvgIpc) is 3.23. The van der Waals surface area contributed by atoms with Crippen LogP contribution >= 0.6 is 0 Å². The van der Waals surface area contributed by atoms with E-state index in [4.69, 9.17) is 0 Å². The Kier molecular flexibility index (Phi) is 5.64. The lowest BCUT2D eigenvalue weighted by atomic mass is 10.0. The van der Waals surface area contributed by atoms with Gasteiger partial charge >= 0.3 is 6.36 Å². The number of benzene rings is 1. The lowest BCUT2D eigenvalue weighted by Crippen LogP contribution is -2.55. The fraction of sp³-hybridized carbons (Fsp3) is 0.304. The summed E-state index contributed by atoms with van der Waals surface area (Å²) in [6.45, 7) is 0.428. The van der Waals surface area contributed by atoms with E-state index >= 15 is 0 Å². The number of carbonyl (C=O) groups is 1. The number of alkyl halides is 5. The summed E-state index contributed by atoms with van der Waals surface area (Å²) < 4.78 is 74.4. The number of hydrogen-bond acceptors (Lipinski definition) is 6. The van der Waals surface area contributed by atoms with E-state index in [2.05, 4.69) is 25.1 Å². The Labute approximate surface area is 200 Å². The number of pyridine rings is 1. The number of nitrogens with one attached hydrogen (secondary N) is 1. The van der Waals surface area contributed by atoms with Gasteiger partial charge in [0.25, 0.3) is 11.8 Å². The van der Waals surface area contributed by atoms with Crippen LogP contribution in [0.5, 0.6) is 5.88 Å². The second-order valence-electron chi connectivity index (χ2n) is 8.41. The van der Waals surface area contributed by atoms with Crippen molar-refractivity contribution in [2.75, 3.05) is 18.4 Å². The van der Waals surface area contributed by atoms with Crippen LogP contribution in [0, 0.1) is 0 Å². The van der Waals surface area contributed by atoms with Gasteiger partial charge in [-0.2, -0.15) is 4.98 Å². The van der Waals surface area contributed by atoms with Crippen molar-refractivity contribution in [1.29, 1.82) is 0 Å². The summed E-state index contributed by atoms with van der Waals surface area (Å²) in [5.41, 5.74) is 1.54. The summed E-state index contributed by atoms with van der Waals surface area (Å²) in [5.74, 6) is -5.15. The third-order valence-corrected chi connectivity index (χ3v) is 5.95. The number of rotatable bonds is 4. The van der Waals surface area contributed by atoms with Crippen molar-refractivity contribution in [1.82, 2.24) is 24.5 Å². The van der Waals surface area contributed by atoms with Gasteiger partial charge in [0.05, 0.1) is 18.1 Å². The first kappa shape index (κ1) is 23.7. The van der Waals surface area contributed by atoms with E-state index in [0.29, 0.717) is 16.6 Å². The highest BCUT2D eigenvalue weighted by molar-refractivity contribution is 5.90. The van der Waals surface area contributed by atoms with Crippen LogP contribution in [0.3, 0.4) is 0 Å². The van der Waals surface area contributed by atoms with Crippen molar-refractivity contribution in [2.24, 2.45) is 0 Å². The van der Waals surface area contributed by atoms with E-state index in [1.54, 1.807) is 30.5 Å². The molecule has 1 aliphatic heterocycles. The predicted octanol–water partition coefficient (Wildman–Crippen LogP) is 4.51. The zero-order valence-corrected chi connectivity index (χ0v) is 18.8. The maximum Gasteiger partial charge on any atom is 0.574 e. The van der Waals surface area contributed by atoms with E-state index in [1.807, 2.05) is 6.07 Å². The summed E-state index contributed by atoms with van der Waals surface area (Å²) in [7, 11) is 0. The average molecular weight is 506 g/mol. The van der Waals surface area contributed by atoms with E-state index in [0.717, 1.165) is 14.8 Å². The van der Waals surface area contributed by atoms with E-state index in [-0.39, 0.29) is 18.5 Å². The zero-order valence-electron chi connectivity index (χ0n) is 18.8. The summed E-state index contributed by atoms with van der Waals surface area (Å²) in [5, 5.41) is 7.31. The second kappa shape index (κ2) is 8.57. The molecule has 1 N–H and O–H groups in total. The maximum absolute atomic E-state index is 14.7. The van der Waals surface area contributed by atoms with E-state index in [9.17, 15) is 26.7 Å². The summed E-state index contributed by atoms with van der Waals surface area (Å²) in [4.78, 5) is 20.5. The summed E-state index contributed by atoms with van der Waals surface area (Å²) in [6.07, 6.45) is -2.21. The summed E-state index contributed by atoms with van der Waals surface area (Å²) in [6, 6.07) is 8.77. The molecule has 1 saturated heterocycles. The number of carbonyl (C=O) groups excluding carboxylic acids is 1. The molecule has 13 heteroatoms. The number of fused-ring (bicyclic) bond motifs is 2. The Morgan fingerprint density at radius 1 is 1.22 bits per heavy atom. The Bertz CT molecular complexity index is 1450. The third-order valence-electron chi connectivity index (χ3n) is 5.95. The van der Waals surface area contributed by atoms with E-state index in [1.165, 1.54) is 19.2 Å². The van der Waals surface area contributed by atoms with Crippen molar-refractivity contribution < 1.29 is 31.5 Å². The van der Waals surface area contributed by atoms with Crippen LogP contribution in [0.4, 0.5) is 27.9 Å². The largest absolute Gasteiger partial charge is 0.574 e. The second-order valence-corrected chi connectivity index (χ2v) is 8.41. The standard InChI is InChI=1S/C23H19F5N6O2/c1-13(35)33-9-7-18(22(24,25)12-33)30-21-31-20(36-23(26,27)28)19-16(6-10-34(19)32-21)14-4-5-17-15(11-14)3-2-8-29-17/h2-6,8,10-11,18H,7,9,12H2,1H3,(H,30,32)/t18-/m1/s1. The van der Waals surface area contributed by atoms with Crippen LogP contribution in [0.1, 0.15) is 13.3 Å². The molecule has 0 unspecified atom stereocenters. The molecule has 1 fully saturated rings. The number of halogens is 5. The first-order valence-electron chi connectivity index (χ1n) is 10.9. The molecule has 0 spiro atoms. The lowest BCUT2D eigenvalue weighted by Gasteiger charge is -2.38. The van der Waals surface area contributed by atoms with E-state index < -0.39 is 42.6 Å². The quantitative estimate of drug-likeness (QED) is 0.410. The van der Waals surface area contributed by atoms with Gasteiger partial charge < -0.3 is 15.0 Å². The molecule has 0 radical (unpaired) electrons. The molecule has 0 bridgehead atoms. The number of anilines is 1. The minimum absolute atomic E-state index is 0.0568. The van der Waals surface area contributed by atoms with Gasteiger partial charge in [-0.05, 0) is 36.2 Å². The molecular weight excluding hydrogens is 487 g/mol. The van der Waals surface area contributed by atoms with Crippen LogP contribution in [-0.2, 0) is 4.79 Å². The Balaban J connectivity index is 1.54. The maximum atomic E-state index is 14.7. The van der Waals surface area contributed by atoms with Crippen LogP contribution < -0.4 is 10.1 Å². The highest BCUT2D eigenvalue weighted by Gasteiger charge is 2.46. The monoisotopic (exact) mass is 506 g/mol. The molecule has 0 saturated carbocycles. The van der Waals surface area contributed by atoms with Crippen molar-refractivity contribution in [2.45, 2.75) is 31.7 Å². The Morgan fingerprint density at radius 2 is 2.03 bits per heavy atom. The smallest absolute Gasteiger partial charge is 0.385 e. The summed E-state index contributed by atoms with van der Waals surface area (Å²) >= 11 is 0. The number of aromatic nitrogens is 4. The molecule has 5 rings (SSSR count). The van der Waals surface area contributed by atoms with Crippen molar-refractivity contribution in [3.8, 4) is 17.0 Å². The van der Waals surface area contributed by atoms with Crippen molar-refractivity contribution >= 4 is 28.3 Å². The van der Waals surface area contributed by atoms with Gasteiger partial charge in [0.15, 0.2) is 0 Å². The number of nitrogens with zero attached hydrogens (tertiary/aromatic N) is 5. The normalized spacial score (nSPS) is 17.9. The van der Waals surface area contributed by atoms with Crippen LogP contribution in [0.15, 0.2) is 48.8 Å². The minimum Gasteiger partial charge on any atom is -0.385 e. The molecule has 1 aliphatic rings. The zero-order chi connectivity index (χ0) is 25.7. The molecule has 4 aromatic rings. The van der Waals surface area contributed by atoms with Gasteiger partial charge in [0.1, 0.15) is 5.52 Å². The van der Waals surface area contributed by atoms with Crippen LogP contribution in [0.25, 0.3) is 27.5 Å². The molecule has 1 aromatic carbocycles. The van der Waals surface area contributed by atoms with Gasteiger partial charge in [0, 0.05) is 36.8 Å². The molecule has 3 aromatic heterocycles. The molecule has 4 heterocycles. The molecule has 0 aliphatic carbocycles. The first-order chi connectivity index (χ1) is 17.0. The molecule has 36 heavy (non-hydrogen) atoms. The highest BCUT2D eigenvalue weighted by Crippen LogP contribution is 2.36. The van der Waals surface area contributed by atoms with Gasteiger partial charge in [0.2, 0.25) is 11.9 Å². The van der Waals surface area contributed by atoms with Crippen LogP contribution in [0.2, 0.25) is 0 Å². The molecular formula is C23H19F5N6O2. The minimum atomic E-state index is -5.09. The SMILES string of the molecule is CC(=O)N1CC[C@@H](Nc2nc(OC(F)(F)F)c3c(-c4ccc5ncccc5c4)ccn3n2)C(F)(F)C1. The third kappa shape index (κ3) is 4.60. The molecule has 8 nitrogen and oxygen atoms in total. The predicted molar refractivity (Wildman–Crippen MR) is 120 cm³/mol. The molecule has 1 amide bonds. The van der Waals surface area contributed by atoms with Crippen molar-refractivity contribution in [3.63, 3.8) is 0 Å². The number of piperidine rings is 1. The fourth-order valence-corrected chi connectivity index (χ4v) is 4.25. The van der Waals surface area contributed by atoms with Crippen molar-refractivity contribution in [3.05, 3.63) is 48.8 Å². The number of amides is 1. The Hall–Kier alpha value is -4.03. The number of ether oxygens (including phenoxy) is 1. The van der Waals surface area contributed by atoms with Gasteiger partial charge in [-0.3, -0.25) is 9.78 Å². The molecule has 1 atom stereocenters. The van der Waals surface area contributed by atoms with Gasteiger partial charge in [-0.1, -0.05) is 12.1 Å². The van der Waals surface area contributed by atoms with Gasteiger partial charge in [-0.25, -0.2) is 13.3 Å². The van der Waals surface area contributed by atoms with Gasteiger partial charge in [-0.15, -0.1) is 18.3 Å². The topological polar surface area (TPSA) is 84.7 Å². The van der Waals surface area contributed by atoms with Crippen LogP contribution in [-0.4, -0.2) is 61.8 Å². The fourth-order valence-electron chi connectivity index (χ4n) is 4.25. The Morgan fingerprint density at radius 3 is 2.75 bits per heavy atom. The lowest BCUT2D eigenvalue weighted by molar-refractivity contribution is -0.275. The first-order valence-corrected chi connectivity index (χ1v) is 10.9. The highest BCUT2D eigenvalue weighted by atomic mass is 19.4. The number of likely N-dealkylation sites (tertiary alicyclic amines) is 1.